The predicted molar refractivity (Wildman–Crippen MR) is 70.7 cm³/mol. The molecule has 1 atom stereocenters. The number of ether oxygens (including phenoxy) is 1. The highest BCUT2D eigenvalue weighted by molar-refractivity contribution is 9.10. The number of rotatable bonds is 4. The monoisotopic (exact) mass is 352 g/mol. The number of alkyl halides is 3. The minimum Gasteiger partial charge on any atom is -0.492 e. The fraction of sp³-hybridized carbons (Fsp3) is 0.417. The van der Waals surface area contributed by atoms with Gasteiger partial charge in [0.1, 0.15) is 11.8 Å². The topological polar surface area (TPSA) is 50.4 Å². The van der Waals surface area contributed by atoms with E-state index >= 15 is 0 Å². The molecular weight excluding hydrogens is 341 g/mol. The summed E-state index contributed by atoms with van der Waals surface area (Å²) in [5.41, 5.74) is 1.27. The average molecular weight is 353 g/mol. The zero-order valence-corrected chi connectivity index (χ0v) is 12.1. The smallest absolute Gasteiger partial charge is 0.392 e. The van der Waals surface area contributed by atoms with E-state index in [1.165, 1.54) is 6.07 Å². The lowest BCUT2D eigenvalue weighted by molar-refractivity contribution is -0.139. The number of likely N-dealkylation sites (N-methyl/N-ethyl adjacent to an activating group) is 1. The third kappa shape index (κ3) is 3.24. The lowest BCUT2D eigenvalue weighted by Crippen LogP contribution is -2.23. The van der Waals surface area contributed by atoms with Crippen LogP contribution in [0.5, 0.6) is 5.75 Å². The molecule has 1 amide bonds. The van der Waals surface area contributed by atoms with Crippen molar-refractivity contribution in [2.45, 2.75) is 18.6 Å². The number of benzene rings is 1. The molecule has 1 aliphatic rings. The van der Waals surface area contributed by atoms with Gasteiger partial charge in [0.05, 0.1) is 17.5 Å². The van der Waals surface area contributed by atoms with Crippen LogP contribution in [0.2, 0.25) is 0 Å². The molecule has 0 aliphatic carbocycles. The SMILES string of the molecule is CNC1C(=O)Nc2cc(OCCC(F)(F)F)c(Br)cc21. The fourth-order valence-electron chi connectivity index (χ4n) is 1.94. The Morgan fingerprint density at radius 1 is 1.45 bits per heavy atom. The van der Waals surface area contributed by atoms with Crippen LogP contribution in [0.4, 0.5) is 18.9 Å². The Morgan fingerprint density at radius 2 is 2.15 bits per heavy atom. The molecular formula is C12H12BrF3N2O2. The van der Waals surface area contributed by atoms with Crippen molar-refractivity contribution in [3.8, 4) is 5.75 Å². The standard InChI is InChI=1S/C12H12BrF3N2O2/c1-17-10-6-4-7(13)9(5-8(6)18-11(10)19)20-3-2-12(14,15)16/h4-5,10,17H,2-3H2,1H3,(H,18,19). The molecule has 1 aromatic carbocycles. The largest absolute Gasteiger partial charge is 0.492 e. The molecule has 0 spiro atoms. The number of nitrogens with one attached hydrogen (secondary N) is 2. The molecule has 1 heterocycles. The van der Waals surface area contributed by atoms with Gasteiger partial charge in [0.15, 0.2) is 0 Å². The van der Waals surface area contributed by atoms with Gasteiger partial charge in [-0.3, -0.25) is 4.79 Å². The van der Waals surface area contributed by atoms with Crippen molar-refractivity contribution in [2.24, 2.45) is 0 Å². The highest BCUT2D eigenvalue weighted by Crippen LogP contribution is 2.38. The highest BCUT2D eigenvalue weighted by atomic mass is 79.9. The Labute approximate surface area is 121 Å². The Balaban J connectivity index is 2.14. The maximum absolute atomic E-state index is 12.1. The first kappa shape index (κ1) is 15.1. The number of carbonyl (C=O) groups is 1. The highest BCUT2D eigenvalue weighted by Gasteiger charge is 2.31. The van der Waals surface area contributed by atoms with Crippen LogP contribution in [-0.2, 0) is 4.79 Å². The molecule has 0 saturated carbocycles. The summed E-state index contributed by atoms with van der Waals surface area (Å²) in [6.07, 6.45) is -5.28. The van der Waals surface area contributed by atoms with Crippen LogP contribution in [0.3, 0.4) is 0 Å². The Bertz CT molecular complexity index is 534. The van der Waals surface area contributed by atoms with Gasteiger partial charge < -0.3 is 15.4 Å². The molecule has 0 radical (unpaired) electrons. The summed E-state index contributed by atoms with van der Waals surface area (Å²) >= 11 is 3.23. The van der Waals surface area contributed by atoms with E-state index in [4.69, 9.17) is 4.74 Å². The van der Waals surface area contributed by atoms with Crippen molar-refractivity contribution in [3.63, 3.8) is 0 Å². The first-order valence-corrected chi connectivity index (χ1v) is 6.62. The van der Waals surface area contributed by atoms with Crippen molar-refractivity contribution >= 4 is 27.5 Å². The molecule has 1 aromatic rings. The number of amides is 1. The Kier molecular flexibility index (Phi) is 4.24. The van der Waals surface area contributed by atoms with Gasteiger partial charge >= 0.3 is 6.18 Å². The zero-order valence-electron chi connectivity index (χ0n) is 10.5. The van der Waals surface area contributed by atoms with Gasteiger partial charge in [-0.1, -0.05) is 0 Å². The summed E-state index contributed by atoms with van der Waals surface area (Å²) in [5.74, 6) is 0.0619. The maximum Gasteiger partial charge on any atom is 0.392 e. The molecule has 20 heavy (non-hydrogen) atoms. The Hall–Kier alpha value is -1.28. The second-order valence-corrected chi connectivity index (χ2v) is 5.15. The molecule has 0 aromatic heterocycles. The van der Waals surface area contributed by atoms with Gasteiger partial charge in [-0.05, 0) is 29.0 Å². The third-order valence-electron chi connectivity index (χ3n) is 2.87. The normalized spacial score (nSPS) is 17.9. The van der Waals surface area contributed by atoms with Crippen molar-refractivity contribution < 1.29 is 22.7 Å². The summed E-state index contributed by atoms with van der Waals surface area (Å²) in [4.78, 5) is 11.7. The van der Waals surface area contributed by atoms with E-state index in [2.05, 4.69) is 26.6 Å². The summed E-state index contributed by atoms with van der Waals surface area (Å²) < 4.78 is 41.8. The van der Waals surface area contributed by atoms with Crippen molar-refractivity contribution in [3.05, 3.63) is 22.2 Å². The third-order valence-corrected chi connectivity index (χ3v) is 3.49. The van der Waals surface area contributed by atoms with E-state index in [0.29, 0.717) is 10.2 Å². The van der Waals surface area contributed by atoms with Gasteiger partial charge in [-0.15, -0.1) is 0 Å². The van der Waals surface area contributed by atoms with Gasteiger partial charge in [0.25, 0.3) is 0 Å². The van der Waals surface area contributed by atoms with Gasteiger partial charge in [0.2, 0.25) is 5.91 Å². The average Bonchev–Trinajstić information content (AvgIpc) is 2.62. The van der Waals surface area contributed by atoms with E-state index in [9.17, 15) is 18.0 Å². The fourth-order valence-corrected chi connectivity index (χ4v) is 2.41. The maximum atomic E-state index is 12.1. The van der Waals surface area contributed by atoms with Crippen LogP contribution in [0.15, 0.2) is 16.6 Å². The lowest BCUT2D eigenvalue weighted by Gasteiger charge is -2.12. The summed E-state index contributed by atoms with van der Waals surface area (Å²) in [6.45, 7) is -0.468. The van der Waals surface area contributed by atoms with Crippen LogP contribution in [-0.4, -0.2) is 25.7 Å². The molecule has 110 valence electrons. The van der Waals surface area contributed by atoms with Gasteiger partial charge in [-0.2, -0.15) is 13.2 Å². The summed E-state index contributed by atoms with van der Waals surface area (Å²) in [6, 6.07) is 2.72. The molecule has 8 heteroatoms. The van der Waals surface area contributed by atoms with Crippen LogP contribution in [0.1, 0.15) is 18.0 Å². The van der Waals surface area contributed by atoms with E-state index in [1.807, 2.05) is 0 Å². The summed E-state index contributed by atoms with van der Waals surface area (Å²) in [7, 11) is 1.65. The minimum atomic E-state index is -4.26. The number of hydrogen-bond donors (Lipinski definition) is 2. The number of halogens is 4. The molecule has 1 unspecified atom stereocenters. The quantitative estimate of drug-likeness (QED) is 0.875. The lowest BCUT2D eigenvalue weighted by atomic mass is 10.1. The van der Waals surface area contributed by atoms with Crippen LogP contribution in [0, 0.1) is 0 Å². The number of hydrogen-bond acceptors (Lipinski definition) is 3. The Morgan fingerprint density at radius 3 is 2.75 bits per heavy atom. The van der Waals surface area contributed by atoms with Crippen molar-refractivity contribution in [2.75, 3.05) is 19.0 Å². The van der Waals surface area contributed by atoms with Gasteiger partial charge in [-0.25, -0.2) is 0 Å². The molecule has 2 N–H and O–H groups in total. The first-order valence-electron chi connectivity index (χ1n) is 5.83. The van der Waals surface area contributed by atoms with Crippen molar-refractivity contribution in [1.29, 1.82) is 0 Å². The number of anilines is 1. The number of carbonyl (C=O) groups excluding carboxylic acids is 1. The molecule has 2 rings (SSSR count). The van der Waals surface area contributed by atoms with Crippen molar-refractivity contribution in [1.82, 2.24) is 5.32 Å². The summed E-state index contributed by atoms with van der Waals surface area (Å²) in [5, 5.41) is 5.51. The number of fused-ring (bicyclic) bond motifs is 1. The van der Waals surface area contributed by atoms with Crippen LogP contribution in [0.25, 0.3) is 0 Å². The second kappa shape index (κ2) is 5.61. The minimum absolute atomic E-state index is 0.207. The molecule has 1 aliphatic heterocycles. The molecule has 0 bridgehead atoms. The second-order valence-electron chi connectivity index (χ2n) is 4.29. The zero-order chi connectivity index (χ0) is 14.9. The van der Waals surface area contributed by atoms with E-state index in [-0.39, 0.29) is 11.7 Å². The van der Waals surface area contributed by atoms with E-state index < -0.39 is 25.2 Å². The van der Waals surface area contributed by atoms with E-state index in [0.717, 1.165) is 5.56 Å². The van der Waals surface area contributed by atoms with Crippen LogP contribution >= 0.6 is 15.9 Å². The van der Waals surface area contributed by atoms with Crippen LogP contribution < -0.4 is 15.4 Å². The van der Waals surface area contributed by atoms with Gasteiger partial charge in [0, 0.05) is 17.3 Å². The first-order chi connectivity index (χ1) is 9.31. The molecule has 4 nitrogen and oxygen atoms in total. The predicted octanol–water partition coefficient (Wildman–Crippen LogP) is 2.99. The molecule has 0 saturated heterocycles. The van der Waals surface area contributed by atoms with E-state index in [1.54, 1.807) is 13.1 Å². The molecule has 0 fully saturated rings.